The van der Waals surface area contributed by atoms with Gasteiger partial charge in [-0.25, -0.2) is 0 Å². The van der Waals surface area contributed by atoms with Gasteiger partial charge in [0.2, 0.25) is 0 Å². The smallest absolute Gasteiger partial charge is 0.0585 e. The Labute approximate surface area is 81.3 Å². The molecule has 0 rings (SSSR count). The van der Waals surface area contributed by atoms with E-state index in [0.29, 0.717) is 0 Å². The first-order chi connectivity index (χ1) is 5.31. The quantitative estimate of drug-likeness (QED) is 0.500. The molecular weight excluding hydrogens is 174 g/mol. The molecule has 0 bridgehead atoms. The first kappa shape index (κ1) is 14.5. The van der Waals surface area contributed by atoms with Gasteiger partial charge < -0.3 is 10.8 Å². The van der Waals surface area contributed by atoms with Gasteiger partial charge >= 0.3 is 0 Å². The van der Waals surface area contributed by atoms with Crippen LogP contribution in [0.25, 0.3) is 0 Å². The Morgan fingerprint density at radius 2 is 2.08 bits per heavy atom. The number of aliphatic hydroxyl groups is 1. The Kier molecular flexibility index (Phi) is 13.2. The van der Waals surface area contributed by atoms with Crippen LogP contribution in [-0.2, 0) is 0 Å². The molecule has 0 fully saturated rings. The van der Waals surface area contributed by atoms with Crippen molar-refractivity contribution < 1.29 is 5.11 Å². The molecule has 0 aromatic rings. The molecule has 0 heterocycles. The van der Waals surface area contributed by atoms with Crippen LogP contribution < -0.4 is 5.73 Å². The molecule has 0 saturated heterocycles. The van der Waals surface area contributed by atoms with Gasteiger partial charge in [-0.05, 0) is 12.8 Å². The molecule has 0 aliphatic carbocycles. The summed E-state index contributed by atoms with van der Waals surface area (Å²) in [7, 11) is 0. The van der Waals surface area contributed by atoms with Crippen molar-refractivity contribution in [3.63, 3.8) is 0 Å². The minimum atomic E-state index is -0.0760. The highest BCUT2D eigenvalue weighted by molar-refractivity contribution is 5.85. The number of aliphatic hydroxyl groups excluding tert-OH is 1. The number of unbranched alkanes of at least 4 members (excludes halogenated alkanes) is 2. The third-order valence-corrected chi connectivity index (χ3v) is 1.56. The molecule has 2 nitrogen and oxygen atoms in total. The Morgan fingerprint density at radius 1 is 1.42 bits per heavy atom. The lowest BCUT2D eigenvalue weighted by atomic mass is 10.2. The average Bonchev–Trinajstić information content (AvgIpc) is 2.04. The molecule has 12 heavy (non-hydrogen) atoms. The lowest BCUT2D eigenvalue weighted by molar-refractivity contribution is 0.266. The van der Waals surface area contributed by atoms with Crippen molar-refractivity contribution in [2.45, 2.75) is 38.6 Å². The van der Waals surface area contributed by atoms with E-state index in [-0.39, 0.29) is 25.1 Å². The second-order valence-electron chi connectivity index (χ2n) is 2.79. The molecule has 1 unspecified atom stereocenters. The summed E-state index contributed by atoms with van der Waals surface area (Å²) >= 11 is 0. The van der Waals surface area contributed by atoms with Crippen LogP contribution in [0, 0.1) is 0 Å². The highest BCUT2D eigenvalue weighted by Crippen LogP contribution is 1.97. The van der Waals surface area contributed by atoms with Gasteiger partial charge in [-0.15, -0.1) is 12.4 Å². The van der Waals surface area contributed by atoms with E-state index in [4.69, 9.17) is 10.8 Å². The van der Waals surface area contributed by atoms with E-state index in [1.807, 2.05) is 0 Å². The van der Waals surface area contributed by atoms with Gasteiger partial charge in [-0.2, -0.15) is 0 Å². The molecule has 0 amide bonds. The normalized spacial score (nSPS) is 12.9. The Morgan fingerprint density at radius 3 is 2.58 bits per heavy atom. The number of allylic oxidation sites excluding steroid dienone is 1. The standard InChI is InChI=1S/C9H19NO.ClH/c1-2-3-4-5-6-7-9(10)8-11;/h5-6,9,11H,2-4,7-8,10H2,1H3;1H/b6-5+;. The molecule has 1 atom stereocenters. The number of rotatable bonds is 6. The van der Waals surface area contributed by atoms with Crippen LogP contribution in [0.3, 0.4) is 0 Å². The number of halogens is 1. The van der Waals surface area contributed by atoms with Crippen molar-refractivity contribution in [2.75, 3.05) is 6.61 Å². The van der Waals surface area contributed by atoms with Gasteiger partial charge in [-0.1, -0.05) is 31.9 Å². The van der Waals surface area contributed by atoms with Crippen molar-refractivity contribution >= 4 is 12.4 Å². The van der Waals surface area contributed by atoms with E-state index in [1.54, 1.807) is 0 Å². The van der Waals surface area contributed by atoms with E-state index in [2.05, 4.69) is 19.1 Å². The molecular formula is C9H20ClNO. The third-order valence-electron chi connectivity index (χ3n) is 1.56. The fraction of sp³-hybridized carbons (Fsp3) is 0.778. The van der Waals surface area contributed by atoms with Crippen molar-refractivity contribution in [2.24, 2.45) is 5.73 Å². The van der Waals surface area contributed by atoms with Crippen LogP contribution in [-0.4, -0.2) is 17.8 Å². The number of nitrogens with two attached hydrogens (primary N) is 1. The van der Waals surface area contributed by atoms with Crippen LogP contribution in [0.2, 0.25) is 0 Å². The minimum absolute atomic E-state index is 0. The molecule has 3 heteroatoms. The minimum Gasteiger partial charge on any atom is -0.395 e. The molecule has 3 N–H and O–H groups in total. The molecule has 0 aromatic heterocycles. The molecule has 0 saturated carbocycles. The maximum absolute atomic E-state index is 8.58. The van der Waals surface area contributed by atoms with Gasteiger partial charge in [-0.3, -0.25) is 0 Å². The highest BCUT2D eigenvalue weighted by atomic mass is 35.5. The highest BCUT2D eigenvalue weighted by Gasteiger charge is 1.93. The van der Waals surface area contributed by atoms with Crippen molar-refractivity contribution in [1.82, 2.24) is 0 Å². The first-order valence-corrected chi connectivity index (χ1v) is 4.32. The van der Waals surface area contributed by atoms with Crippen LogP contribution in [0.15, 0.2) is 12.2 Å². The largest absolute Gasteiger partial charge is 0.395 e. The fourth-order valence-electron chi connectivity index (χ4n) is 0.785. The van der Waals surface area contributed by atoms with E-state index in [1.165, 1.54) is 12.8 Å². The maximum Gasteiger partial charge on any atom is 0.0585 e. The van der Waals surface area contributed by atoms with Gasteiger partial charge in [0.25, 0.3) is 0 Å². The van der Waals surface area contributed by atoms with Crippen LogP contribution >= 0.6 is 12.4 Å². The molecule has 74 valence electrons. The summed E-state index contributed by atoms with van der Waals surface area (Å²) in [4.78, 5) is 0. The zero-order chi connectivity index (χ0) is 8.53. The predicted octanol–water partition coefficient (Wildman–Crippen LogP) is 1.86. The Balaban J connectivity index is 0. The fourth-order valence-corrected chi connectivity index (χ4v) is 0.785. The van der Waals surface area contributed by atoms with Crippen molar-refractivity contribution in [3.05, 3.63) is 12.2 Å². The summed E-state index contributed by atoms with van der Waals surface area (Å²) in [5.74, 6) is 0. The van der Waals surface area contributed by atoms with Gasteiger partial charge in [0.1, 0.15) is 0 Å². The maximum atomic E-state index is 8.58. The lowest BCUT2D eigenvalue weighted by Gasteiger charge is -2.01. The van der Waals surface area contributed by atoms with Crippen LogP contribution in [0.5, 0.6) is 0 Å². The van der Waals surface area contributed by atoms with Gasteiger partial charge in [0.05, 0.1) is 6.61 Å². The molecule has 0 aliphatic rings. The lowest BCUT2D eigenvalue weighted by Crippen LogP contribution is -2.22. The average molecular weight is 194 g/mol. The van der Waals surface area contributed by atoms with Crippen LogP contribution in [0.1, 0.15) is 32.6 Å². The van der Waals surface area contributed by atoms with E-state index in [9.17, 15) is 0 Å². The first-order valence-electron chi connectivity index (χ1n) is 4.32. The molecule has 0 aliphatic heterocycles. The van der Waals surface area contributed by atoms with Crippen LogP contribution in [0.4, 0.5) is 0 Å². The van der Waals surface area contributed by atoms with Crippen molar-refractivity contribution in [1.29, 1.82) is 0 Å². The second kappa shape index (κ2) is 11.0. The predicted molar refractivity (Wildman–Crippen MR) is 55.6 cm³/mol. The summed E-state index contributed by atoms with van der Waals surface area (Å²) in [5.41, 5.74) is 5.49. The summed E-state index contributed by atoms with van der Waals surface area (Å²) in [6.45, 7) is 2.26. The van der Waals surface area contributed by atoms with E-state index in [0.717, 1.165) is 12.8 Å². The van der Waals surface area contributed by atoms with E-state index < -0.39 is 0 Å². The van der Waals surface area contributed by atoms with Crippen molar-refractivity contribution in [3.8, 4) is 0 Å². The summed E-state index contributed by atoms with van der Waals surface area (Å²) < 4.78 is 0. The summed E-state index contributed by atoms with van der Waals surface area (Å²) in [6.07, 6.45) is 8.59. The van der Waals surface area contributed by atoms with Gasteiger partial charge in [0.15, 0.2) is 0 Å². The number of hydrogen-bond acceptors (Lipinski definition) is 2. The SMILES string of the molecule is CCCC/C=C/CC(N)CO.Cl. The second-order valence-corrected chi connectivity index (χ2v) is 2.79. The Hall–Kier alpha value is -0.0500. The summed E-state index contributed by atoms with van der Waals surface area (Å²) in [5, 5.41) is 8.58. The van der Waals surface area contributed by atoms with Gasteiger partial charge in [0, 0.05) is 6.04 Å². The summed E-state index contributed by atoms with van der Waals surface area (Å²) in [6, 6.07) is -0.0760. The zero-order valence-corrected chi connectivity index (χ0v) is 8.52. The molecule has 0 spiro atoms. The molecule has 0 aromatic carbocycles. The Bertz CT molecular complexity index is 107. The number of hydrogen-bond donors (Lipinski definition) is 2. The third kappa shape index (κ3) is 9.95. The zero-order valence-electron chi connectivity index (χ0n) is 7.70. The monoisotopic (exact) mass is 193 g/mol. The van der Waals surface area contributed by atoms with E-state index >= 15 is 0 Å². The topological polar surface area (TPSA) is 46.2 Å². The molecule has 0 radical (unpaired) electrons.